The number of pyridine rings is 1. The standard InChI is InChI=1S/C29H26ClN3O6/c1-35-26-11-17(5-8-25(26)39-24-9-10-31-22-14-19(30)6-7-20(22)24)23-15-21(32-33(23)16-34)18-12-27(36-2)29(38-4)28(13-18)37-3/h5-14,16,23H,15H2,1-4H3. The summed E-state index contributed by atoms with van der Waals surface area (Å²) in [6.45, 7) is 0. The zero-order valence-corrected chi connectivity index (χ0v) is 22.6. The van der Waals surface area contributed by atoms with Gasteiger partial charge in [0.05, 0.1) is 45.7 Å². The number of methoxy groups -OCH3 is 4. The summed E-state index contributed by atoms with van der Waals surface area (Å²) < 4.78 is 28.3. The fourth-order valence-corrected chi connectivity index (χ4v) is 4.76. The summed E-state index contributed by atoms with van der Waals surface area (Å²) in [7, 11) is 6.22. The quantitative estimate of drug-likeness (QED) is 0.236. The van der Waals surface area contributed by atoms with Crippen molar-refractivity contribution in [3.05, 3.63) is 76.9 Å². The Morgan fingerprint density at radius 3 is 2.26 bits per heavy atom. The molecule has 1 aromatic heterocycles. The second-order valence-corrected chi connectivity index (χ2v) is 9.09. The van der Waals surface area contributed by atoms with Gasteiger partial charge in [-0.1, -0.05) is 17.7 Å². The Bertz CT molecular complexity index is 1550. The lowest BCUT2D eigenvalue weighted by atomic mass is 9.97. The molecule has 9 nitrogen and oxygen atoms in total. The van der Waals surface area contributed by atoms with Gasteiger partial charge in [0.1, 0.15) is 5.75 Å². The summed E-state index contributed by atoms with van der Waals surface area (Å²) in [4.78, 5) is 16.4. The molecule has 0 saturated carbocycles. The van der Waals surface area contributed by atoms with E-state index in [2.05, 4.69) is 10.1 Å². The normalized spacial score (nSPS) is 14.6. The number of hydrogen-bond acceptors (Lipinski definition) is 8. The molecule has 0 N–H and O–H groups in total. The van der Waals surface area contributed by atoms with Crippen LogP contribution in [0.5, 0.6) is 34.5 Å². The third-order valence-corrected chi connectivity index (χ3v) is 6.74. The van der Waals surface area contributed by atoms with Crippen LogP contribution in [-0.4, -0.2) is 50.6 Å². The highest BCUT2D eigenvalue weighted by Gasteiger charge is 2.30. The van der Waals surface area contributed by atoms with Crippen molar-refractivity contribution >= 4 is 34.6 Å². The van der Waals surface area contributed by atoms with Gasteiger partial charge in [0.15, 0.2) is 23.0 Å². The van der Waals surface area contributed by atoms with Crippen molar-refractivity contribution in [3.63, 3.8) is 0 Å². The molecule has 39 heavy (non-hydrogen) atoms. The predicted octanol–water partition coefficient (Wildman–Crippen LogP) is 6.02. The number of hydrazone groups is 1. The van der Waals surface area contributed by atoms with Crippen molar-refractivity contribution in [2.45, 2.75) is 12.5 Å². The average Bonchev–Trinajstić information content (AvgIpc) is 3.41. The molecule has 0 spiro atoms. The SMILES string of the molecule is COc1cc(C2CC(c3cc(OC)c(OC)c(OC)c3)=NN2C=O)ccc1Oc1ccnc2cc(Cl)ccc12. The first-order chi connectivity index (χ1) is 19.0. The Kier molecular flexibility index (Phi) is 7.42. The molecule has 1 unspecified atom stereocenters. The Balaban J connectivity index is 1.44. The van der Waals surface area contributed by atoms with Crippen LogP contribution in [0.3, 0.4) is 0 Å². The van der Waals surface area contributed by atoms with E-state index in [1.807, 2.05) is 36.4 Å². The van der Waals surface area contributed by atoms with Crippen LogP contribution in [0.25, 0.3) is 10.9 Å². The van der Waals surface area contributed by atoms with Crippen LogP contribution in [-0.2, 0) is 4.79 Å². The van der Waals surface area contributed by atoms with Crippen molar-refractivity contribution in [3.8, 4) is 34.5 Å². The molecular weight excluding hydrogens is 522 g/mol. The van der Waals surface area contributed by atoms with Gasteiger partial charge in [-0.15, -0.1) is 0 Å². The van der Waals surface area contributed by atoms with E-state index in [1.165, 1.54) is 5.01 Å². The van der Waals surface area contributed by atoms with Crippen LogP contribution in [0.2, 0.25) is 5.02 Å². The van der Waals surface area contributed by atoms with Crippen molar-refractivity contribution in [2.24, 2.45) is 5.10 Å². The number of fused-ring (bicyclic) bond motifs is 1. The average molecular weight is 548 g/mol. The lowest BCUT2D eigenvalue weighted by molar-refractivity contribution is -0.119. The number of hydrogen-bond donors (Lipinski definition) is 0. The number of ether oxygens (including phenoxy) is 5. The Morgan fingerprint density at radius 1 is 0.846 bits per heavy atom. The molecule has 2 heterocycles. The topological polar surface area (TPSA) is 91.7 Å². The molecule has 1 atom stereocenters. The number of carbonyl (C=O) groups is 1. The van der Waals surface area contributed by atoms with E-state index >= 15 is 0 Å². The number of nitrogens with zero attached hydrogens (tertiary/aromatic N) is 3. The largest absolute Gasteiger partial charge is 0.493 e. The minimum atomic E-state index is -0.344. The number of aromatic nitrogens is 1. The van der Waals surface area contributed by atoms with Crippen LogP contribution in [0.4, 0.5) is 0 Å². The fourth-order valence-electron chi connectivity index (χ4n) is 4.60. The van der Waals surface area contributed by atoms with E-state index in [9.17, 15) is 4.79 Å². The zero-order valence-electron chi connectivity index (χ0n) is 21.8. The molecule has 1 aliphatic rings. The molecule has 1 amide bonds. The van der Waals surface area contributed by atoms with Crippen molar-refractivity contribution < 1.29 is 28.5 Å². The molecule has 0 bridgehead atoms. The first-order valence-corrected chi connectivity index (χ1v) is 12.4. The zero-order chi connectivity index (χ0) is 27.5. The fraction of sp³-hybridized carbons (Fsp3) is 0.207. The van der Waals surface area contributed by atoms with Gasteiger partial charge in [-0.05, 0) is 54.1 Å². The minimum absolute atomic E-state index is 0.344. The lowest BCUT2D eigenvalue weighted by Gasteiger charge is -2.19. The first-order valence-electron chi connectivity index (χ1n) is 12.0. The molecule has 1 aliphatic heterocycles. The van der Waals surface area contributed by atoms with Crippen molar-refractivity contribution in [1.82, 2.24) is 9.99 Å². The maximum atomic E-state index is 12.0. The first kappa shape index (κ1) is 26.1. The molecule has 4 aromatic rings. The van der Waals surface area contributed by atoms with Gasteiger partial charge >= 0.3 is 0 Å². The van der Waals surface area contributed by atoms with Crippen LogP contribution in [0.1, 0.15) is 23.6 Å². The third-order valence-electron chi connectivity index (χ3n) is 6.51. The Labute approximate surface area is 230 Å². The highest BCUT2D eigenvalue weighted by atomic mass is 35.5. The second kappa shape index (κ2) is 11.1. The summed E-state index contributed by atoms with van der Waals surface area (Å²) in [6.07, 6.45) is 2.84. The van der Waals surface area contributed by atoms with Crippen molar-refractivity contribution in [2.75, 3.05) is 28.4 Å². The molecule has 0 fully saturated rings. The molecule has 0 radical (unpaired) electrons. The molecule has 0 saturated heterocycles. The molecule has 5 rings (SSSR count). The van der Waals surface area contributed by atoms with Crippen LogP contribution >= 0.6 is 11.6 Å². The summed E-state index contributed by atoms with van der Waals surface area (Å²) in [5.74, 6) is 3.14. The van der Waals surface area contributed by atoms with Gasteiger partial charge in [0.25, 0.3) is 0 Å². The summed E-state index contributed by atoms with van der Waals surface area (Å²) in [5.41, 5.74) is 3.02. The highest BCUT2D eigenvalue weighted by Crippen LogP contribution is 2.42. The Hall–Kier alpha value is -4.50. The van der Waals surface area contributed by atoms with E-state index in [1.54, 1.807) is 52.8 Å². The second-order valence-electron chi connectivity index (χ2n) is 8.65. The molecule has 10 heteroatoms. The number of carbonyl (C=O) groups excluding carboxylic acids is 1. The van der Waals surface area contributed by atoms with E-state index < -0.39 is 0 Å². The smallest absolute Gasteiger partial charge is 0.230 e. The van der Waals surface area contributed by atoms with Crippen molar-refractivity contribution in [1.29, 1.82) is 0 Å². The van der Waals surface area contributed by atoms with E-state index in [-0.39, 0.29) is 6.04 Å². The van der Waals surface area contributed by atoms with Gasteiger partial charge in [0.2, 0.25) is 12.2 Å². The maximum absolute atomic E-state index is 12.0. The predicted molar refractivity (Wildman–Crippen MR) is 148 cm³/mol. The van der Waals surface area contributed by atoms with Gasteiger partial charge in [-0.2, -0.15) is 5.10 Å². The van der Waals surface area contributed by atoms with Gasteiger partial charge in [-0.3, -0.25) is 9.78 Å². The summed E-state index contributed by atoms with van der Waals surface area (Å²) in [6, 6.07) is 16.1. The van der Waals surface area contributed by atoms with E-state index in [0.29, 0.717) is 58.1 Å². The Morgan fingerprint density at radius 2 is 1.59 bits per heavy atom. The lowest BCUT2D eigenvalue weighted by Crippen LogP contribution is -2.17. The monoisotopic (exact) mass is 547 g/mol. The molecular formula is C29H26ClN3O6. The molecule has 3 aromatic carbocycles. The van der Waals surface area contributed by atoms with Crippen LogP contribution < -0.4 is 23.7 Å². The number of halogens is 1. The number of rotatable bonds is 9. The van der Waals surface area contributed by atoms with Crippen LogP contribution in [0, 0.1) is 0 Å². The maximum Gasteiger partial charge on any atom is 0.230 e. The number of amides is 1. The molecule has 200 valence electrons. The highest BCUT2D eigenvalue weighted by molar-refractivity contribution is 6.31. The summed E-state index contributed by atoms with van der Waals surface area (Å²) >= 11 is 6.12. The van der Waals surface area contributed by atoms with E-state index in [0.717, 1.165) is 22.0 Å². The van der Waals surface area contributed by atoms with E-state index in [4.69, 9.17) is 35.3 Å². The third kappa shape index (κ3) is 5.00. The van der Waals surface area contributed by atoms with Gasteiger partial charge in [0, 0.05) is 28.6 Å². The molecule has 0 aliphatic carbocycles. The van der Waals surface area contributed by atoms with Gasteiger partial charge in [-0.25, -0.2) is 5.01 Å². The van der Waals surface area contributed by atoms with Gasteiger partial charge < -0.3 is 23.7 Å². The minimum Gasteiger partial charge on any atom is -0.493 e. The van der Waals surface area contributed by atoms with Crippen LogP contribution in [0.15, 0.2) is 65.9 Å². The summed E-state index contributed by atoms with van der Waals surface area (Å²) in [5, 5.41) is 7.38. The number of benzene rings is 3.